The molecule has 1 fully saturated rings. The SMILES string of the molecule is CCC1CCC(CN)(N(CC)CCF)CC1. The van der Waals surface area contributed by atoms with Crippen molar-refractivity contribution in [2.75, 3.05) is 26.3 Å². The summed E-state index contributed by atoms with van der Waals surface area (Å²) < 4.78 is 12.6. The molecular weight excluding hydrogens is 203 g/mol. The third-order valence-electron chi connectivity index (χ3n) is 4.40. The summed E-state index contributed by atoms with van der Waals surface area (Å²) >= 11 is 0. The van der Waals surface area contributed by atoms with Crippen LogP contribution in [0.15, 0.2) is 0 Å². The minimum absolute atomic E-state index is 0.0898. The maximum atomic E-state index is 12.6. The molecule has 0 unspecified atom stereocenters. The number of likely N-dealkylation sites (N-methyl/N-ethyl adjacent to an activating group) is 1. The van der Waals surface area contributed by atoms with Crippen molar-refractivity contribution in [3.05, 3.63) is 0 Å². The molecule has 0 atom stereocenters. The van der Waals surface area contributed by atoms with Gasteiger partial charge in [0.15, 0.2) is 0 Å². The van der Waals surface area contributed by atoms with Gasteiger partial charge in [-0.2, -0.15) is 0 Å². The van der Waals surface area contributed by atoms with E-state index in [2.05, 4.69) is 18.7 Å². The van der Waals surface area contributed by atoms with Crippen LogP contribution in [0.2, 0.25) is 0 Å². The molecule has 0 aromatic carbocycles. The van der Waals surface area contributed by atoms with Gasteiger partial charge in [0.05, 0.1) is 0 Å². The van der Waals surface area contributed by atoms with Crippen molar-refractivity contribution >= 4 is 0 Å². The molecule has 0 heterocycles. The van der Waals surface area contributed by atoms with Crippen molar-refractivity contribution in [3.8, 4) is 0 Å². The molecule has 0 spiro atoms. The first-order valence-corrected chi connectivity index (χ1v) is 6.73. The Hall–Kier alpha value is -0.150. The van der Waals surface area contributed by atoms with Gasteiger partial charge < -0.3 is 5.73 Å². The van der Waals surface area contributed by atoms with Crippen LogP contribution in [0, 0.1) is 5.92 Å². The normalized spacial score (nSPS) is 30.9. The Labute approximate surface area is 99.4 Å². The lowest BCUT2D eigenvalue weighted by atomic mass is 9.74. The molecule has 0 radical (unpaired) electrons. The highest BCUT2D eigenvalue weighted by Gasteiger charge is 2.37. The van der Waals surface area contributed by atoms with Gasteiger partial charge in [-0.3, -0.25) is 4.90 Å². The summed E-state index contributed by atoms with van der Waals surface area (Å²) in [5.41, 5.74) is 6.06. The van der Waals surface area contributed by atoms with E-state index in [9.17, 15) is 4.39 Å². The summed E-state index contributed by atoms with van der Waals surface area (Å²) in [4.78, 5) is 2.26. The number of nitrogens with zero attached hydrogens (tertiary/aromatic N) is 1. The van der Waals surface area contributed by atoms with E-state index in [0.29, 0.717) is 13.1 Å². The van der Waals surface area contributed by atoms with Crippen LogP contribution in [0.4, 0.5) is 4.39 Å². The molecule has 2 N–H and O–H groups in total. The summed E-state index contributed by atoms with van der Waals surface area (Å²) in [6, 6.07) is 0. The van der Waals surface area contributed by atoms with Gasteiger partial charge in [-0.25, -0.2) is 4.39 Å². The van der Waals surface area contributed by atoms with Crippen LogP contribution in [-0.4, -0.2) is 36.7 Å². The van der Waals surface area contributed by atoms with E-state index in [1.165, 1.54) is 19.3 Å². The van der Waals surface area contributed by atoms with Crippen molar-refractivity contribution < 1.29 is 4.39 Å². The van der Waals surface area contributed by atoms with Crippen LogP contribution in [-0.2, 0) is 0 Å². The zero-order valence-corrected chi connectivity index (χ0v) is 10.8. The fourth-order valence-electron chi connectivity index (χ4n) is 3.11. The third-order valence-corrected chi connectivity index (χ3v) is 4.40. The molecule has 3 heteroatoms. The van der Waals surface area contributed by atoms with Gasteiger partial charge in [0, 0.05) is 18.6 Å². The predicted octanol–water partition coefficient (Wildman–Crippen LogP) is 2.58. The fourth-order valence-corrected chi connectivity index (χ4v) is 3.11. The standard InChI is InChI=1S/C13H27FN2/c1-3-12-5-7-13(11-15,8-6-12)16(4-2)10-9-14/h12H,3-11,15H2,1-2H3. The van der Waals surface area contributed by atoms with Crippen molar-refractivity contribution in [2.24, 2.45) is 11.7 Å². The van der Waals surface area contributed by atoms with Crippen LogP contribution < -0.4 is 5.73 Å². The first-order valence-electron chi connectivity index (χ1n) is 6.73. The molecule has 0 bridgehead atoms. The van der Waals surface area contributed by atoms with Crippen LogP contribution in [0.1, 0.15) is 46.0 Å². The van der Waals surface area contributed by atoms with E-state index in [4.69, 9.17) is 5.73 Å². The van der Waals surface area contributed by atoms with Crippen molar-refractivity contribution in [2.45, 2.75) is 51.5 Å². The van der Waals surface area contributed by atoms with Gasteiger partial charge in [-0.1, -0.05) is 20.3 Å². The number of rotatable bonds is 6. The number of nitrogens with two attached hydrogens (primary N) is 1. The Bertz CT molecular complexity index is 188. The number of hydrogen-bond donors (Lipinski definition) is 1. The van der Waals surface area contributed by atoms with Crippen molar-refractivity contribution in [1.82, 2.24) is 4.90 Å². The summed E-state index contributed by atoms with van der Waals surface area (Å²) in [5, 5.41) is 0. The van der Waals surface area contributed by atoms with E-state index in [1.54, 1.807) is 0 Å². The number of alkyl halides is 1. The van der Waals surface area contributed by atoms with Crippen LogP contribution in [0.25, 0.3) is 0 Å². The Morgan fingerprint density at radius 2 is 1.94 bits per heavy atom. The highest BCUT2D eigenvalue weighted by molar-refractivity contribution is 4.95. The second-order valence-corrected chi connectivity index (χ2v) is 5.05. The second kappa shape index (κ2) is 6.55. The second-order valence-electron chi connectivity index (χ2n) is 5.05. The first kappa shape index (κ1) is 13.9. The molecule has 16 heavy (non-hydrogen) atoms. The minimum Gasteiger partial charge on any atom is -0.329 e. The molecule has 0 aromatic heterocycles. The zero-order valence-electron chi connectivity index (χ0n) is 10.8. The fraction of sp³-hybridized carbons (Fsp3) is 1.00. The van der Waals surface area contributed by atoms with Gasteiger partial charge in [-0.15, -0.1) is 0 Å². The first-order chi connectivity index (χ1) is 7.72. The van der Waals surface area contributed by atoms with E-state index >= 15 is 0 Å². The van der Waals surface area contributed by atoms with Crippen LogP contribution in [0.3, 0.4) is 0 Å². The largest absolute Gasteiger partial charge is 0.329 e. The molecule has 1 rings (SSSR count). The monoisotopic (exact) mass is 230 g/mol. The van der Waals surface area contributed by atoms with Gasteiger partial charge in [0.25, 0.3) is 0 Å². The molecule has 2 nitrogen and oxygen atoms in total. The zero-order chi connectivity index (χ0) is 12.0. The van der Waals surface area contributed by atoms with E-state index in [-0.39, 0.29) is 12.2 Å². The molecule has 0 aromatic rings. The molecule has 96 valence electrons. The summed E-state index contributed by atoms with van der Waals surface area (Å²) in [6.07, 6.45) is 6.09. The van der Waals surface area contributed by atoms with Crippen molar-refractivity contribution in [3.63, 3.8) is 0 Å². The smallest absolute Gasteiger partial charge is 0.102 e. The van der Waals surface area contributed by atoms with Gasteiger partial charge in [0.2, 0.25) is 0 Å². The molecule has 1 aliphatic rings. The summed E-state index contributed by atoms with van der Waals surface area (Å²) in [6.45, 7) is 6.25. The van der Waals surface area contributed by atoms with Crippen LogP contribution in [0.5, 0.6) is 0 Å². The average Bonchev–Trinajstić information content (AvgIpc) is 2.36. The lowest BCUT2D eigenvalue weighted by molar-refractivity contribution is 0.0412. The highest BCUT2D eigenvalue weighted by Crippen LogP contribution is 2.37. The molecule has 0 saturated heterocycles. The maximum Gasteiger partial charge on any atom is 0.102 e. The van der Waals surface area contributed by atoms with Gasteiger partial charge >= 0.3 is 0 Å². The molecule has 1 saturated carbocycles. The minimum atomic E-state index is -0.257. The van der Waals surface area contributed by atoms with Crippen LogP contribution >= 0.6 is 0 Å². The van der Waals surface area contributed by atoms with E-state index < -0.39 is 0 Å². The predicted molar refractivity (Wildman–Crippen MR) is 67.3 cm³/mol. The Balaban J connectivity index is 2.63. The number of halogens is 1. The third kappa shape index (κ3) is 2.95. The molecule has 0 aliphatic heterocycles. The quantitative estimate of drug-likeness (QED) is 0.760. The lowest BCUT2D eigenvalue weighted by Gasteiger charge is -2.47. The Morgan fingerprint density at radius 3 is 2.31 bits per heavy atom. The number of hydrogen-bond acceptors (Lipinski definition) is 2. The Morgan fingerprint density at radius 1 is 1.31 bits per heavy atom. The van der Waals surface area contributed by atoms with Gasteiger partial charge in [-0.05, 0) is 38.1 Å². The molecule has 1 aliphatic carbocycles. The maximum absolute atomic E-state index is 12.6. The van der Waals surface area contributed by atoms with Gasteiger partial charge in [0.1, 0.15) is 6.67 Å². The molecule has 0 amide bonds. The topological polar surface area (TPSA) is 29.3 Å². The highest BCUT2D eigenvalue weighted by atomic mass is 19.1. The summed E-state index contributed by atoms with van der Waals surface area (Å²) in [5.74, 6) is 0.865. The van der Waals surface area contributed by atoms with E-state index in [1.807, 2.05) is 0 Å². The summed E-state index contributed by atoms with van der Waals surface area (Å²) in [7, 11) is 0. The Kier molecular flexibility index (Phi) is 5.70. The average molecular weight is 230 g/mol. The van der Waals surface area contributed by atoms with E-state index in [0.717, 1.165) is 25.3 Å². The van der Waals surface area contributed by atoms with Crippen molar-refractivity contribution in [1.29, 1.82) is 0 Å². The molecular formula is C13H27FN2. The lowest BCUT2D eigenvalue weighted by Crippen LogP contribution is -2.56.